The van der Waals surface area contributed by atoms with E-state index in [0.29, 0.717) is 31.1 Å². The third-order valence-corrected chi connectivity index (χ3v) is 4.46. The largest absolute Gasteiger partial charge is 0.372 e. The third kappa shape index (κ3) is 2.69. The zero-order chi connectivity index (χ0) is 16.5. The Kier molecular flexibility index (Phi) is 3.81. The van der Waals surface area contributed by atoms with Gasteiger partial charge in [0.2, 0.25) is 0 Å². The van der Waals surface area contributed by atoms with E-state index in [1.807, 2.05) is 0 Å². The van der Waals surface area contributed by atoms with Gasteiger partial charge in [0.15, 0.2) is 0 Å². The topological polar surface area (TPSA) is 84.3 Å². The van der Waals surface area contributed by atoms with E-state index in [2.05, 4.69) is 24.8 Å². The fraction of sp³-hybridized carbons (Fsp3) is 0.438. The summed E-state index contributed by atoms with van der Waals surface area (Å²) in [6.45, 7) is 4.32. The number of anilines is 1. The number of fused-ring (bicyclic) bond motifs is 1. The number of likely N-dealkylation sites (tertiary alicyclic amines) is 1. The van der Waals surface area contributed by atoms with E-state index in [9.17, 15) is 4.79 Å². The van der Waals surface area contributed by atoms with Gasteiger partial charge >= 0.3 is 0 Å². The summed E-state index contributed by atoms with van der Waals surface area (Å²) >= 11 is 0. The van der Waals surface area contributed by atoms with E-state index in [4.69, 9.17) is 4.74 Å². The van der Waals surface area contributed by atoms with E-state index in [1.165, 1.54) is 0 Å². The highest BCUT2D eigenvalue weighted by atomic mass is 16.5. The van der Waals surface area contributed by atoms with Crippen molar-refractivity contribution < 1.29 is 9.53 Å². The first-order chi connectivity index (χ1) is 11.7. The van der Waals surface area contributed by atoms with Crippen LogP contribution in [0.5, 0.6) is 0 Å². The predicted molar refractivity (Wildman–Crippen MR) is 85.6 cm³/mol. The zero-order valence-electron chi connectivity index (χ0n) is 13.4. The number of hydrogen-bond donors (Lipinski definition) is 0. The Morgan fingerprint density at radius 2 is 2.00 bits per heavy atom. The Balaban J connectivity index is 1.53. The molecule has 8 heteroatoms. The average molecular weight is 326 g/mol. The van der Waals surface area contributed by atoms with Crippen LogP contribution in [0.1, 0.15) is 16.2 Å². The van der Waals surface area contributed by atoms with Crippen LogP contribution in [0, 0.1) is 6.92 Å². The van der Waals surface area contributed by atoms with Crippen molar-refractivity contribution in [3.8, 4) is 0 Å². The maximum absolute atomic E-state index is 12.7. The van der Waals surface area contributed by atoms with Gasteiger partial charge in [0, 0.05) is 44.4 Å². The van der Waals surface area contributed by atoms with Gasteiger partial charge in [-0.15, -0.1) is 0 Å². The molecule has 0 saturated carbocycles. The second-order valence-electron chi connectivity index (χ2n) is 5.96. The van der Waals surface area contributed by atoms with Crippen molar-refractivity contribution in [1.82, 2.24) is 24.8 Å². The Hall–Kier alpha value is -2.61. The van der Waals surface area contributed by atoms with Crippen molar-refractivity contribution in [2.75, 3.05) is 31.1 Å². The van der Waals surface area contributed by atoms with Gasteiger partial charge in [0.25, 0.3) is 5.91 Å². The molecule has 124 valence electrons. The molecule has 2 aliphatic rings. The summed E-state index contributed by atoms with van der Waals surface area (Å²) in [5.74, 6) is 1.41. The molecule has 2 aromatic heterocycles. The van der Waals surface area contributed by atoms with E-state index in [-0.39, 0.29) is 18.1 Å². The van der Waals surface area contributed by atoms with Crippen LogP contribution in [0.4, 0.5) is 5.82 Å². The van der Waals surface area contributed by atoms with Gasteiger partial charge in [0.05, 0.1) is 30.5 Å². The van der Waals surface area contributed by atoms with Gasteiger partial charge < -0.3 is 14.5 Å². The minimum absolute atomic E-state index is 0.0175. The lowest BCUT2D eigenvalue weighted by Gasteiger charge is -2.37. The number of carbonyl (C=O) groups is 1. The summed E-state index contributed by atoms with van der Waals surface area (Å²) in [5.41, 5.74) is 0.505. The third-order valence-electron chi connectivity index (χ3n) is 4.46. The van der Waals surface area contributed by atoms with Gasteiger partial charge in [-0.05, 0) is 6.92 Å². The highest BCUT2D eigenvalue weighted by Gasteiger charge is 2.42. The first kappa shape index (κ1) is 14.9. The summed E-state index contributed by atoms with van der Waals surface area (Å²) in [6, 6.07) is 0.0887. The highest BCUT2D eigenvalue weighted by molar-refractivity contribution is 5.94. The summed E-state index contributed by atoms with van der Waals surface area (Å²) in [5, 5.41) is 0. The Labute approximate surface area is 139 Å². The molecule has 0 unspecified atom stereocenters. The number of ether oxygens (including phenoxy) is 1. The minimum atomic E-state index is -0.0629. The smallest absolute Gasteiger partial charge is 0.257 e. The molecule has 4 rings (SSSR count). The maximum atomic E-state index is 12.7. The molecule has 0 N–H and O–H groups in total. The number of amides is 1. The molecule has 0 spiro atoms. The number of hydrogen-bond acceptors (Lipinski definition) is 7. The average Bonchev–Trinajstić information content (AvgIpc) is 3.06. The number of aryl methyl sites for hydroxylation is 1. The number of nitrogens with zero attached hydrogens (tertiary/aromatic N) is 6. The molecule has 2 atom stereocenters. The second-order valence-corrected chi connectivity index (χ2v) is 5.96. The molecule has 2 aliphatic heterocycles. The van der Waals surface area contributed by atoms with Gasteiger partial charge in [-0.3, -0.25) is 9.78 Å². The van der Waals surface area contributed by atoms with Crippen LogP contribution in [0.2, 0.25) is 0 Å². The van der Waals surface area contributed by atoms with Gasteiger partial charge in [-0.2, -0.15) is 0 Å². The van der Waals surface area contributed by atoms with Gasteiger partial charge in [0.1, 0.15) is 11.6 Å². The Bertz CT molecular complexity index is 723. The first-order valence-corrected chi connectivity index (χ1v) is 7.94. The van der Waals surface area contributed by atoms with Crippen molar-refractivity contribution in [2.45, 2.75) is 19.1 Å². The summed E-state index contributed by atoms with van der Waals surface area (Å²) in [6.07, 6.45) is 8.23. The summed E-state index contributed by atoms with van der Waals surface area (Å²) in [4.78, 5) is 33.4. The molecule has 2 aromatic rings. The standard InChI is InChI=1S/C16H18N6O2/c1-11-19-6-12(7-20-11)16(23)21-9-13-14(10-21)24-5-4-22(13)15-8-17-2-3-18-15/h2-3,6-8,13-14H,4-5,9-10H2,1H3/t13-,14-/m0/s1. The molecule has 1 amide bonds. The fourth-order valence-corrected chi connectivity index (χ4v) is 3.26. The van der Waals surface area contributed by atoms with Crippen LogP contribution < -0.4 is 4.90 Å². The lowest BCUT2D eigenvalue weighted by molar-refractivity contribution is 0.0299. The zero-order valence-corrected chi connectivity index (χ0v) is 13.4. The van der Waals surface area contributed by atoms with Crippen LogP contribution in [0.3, 0.4) is 0 Å². The van der Waals surface area contributed by atoms with E-state index < -0.39 is 0 Å². The Morgan fingerprint density at radius 1 is 1.17 bits per heavy atom. The van der Waals surface area contributed by atoms with E-state index in [0.717, 1.165) is 12.4 Å². The highest BCUT2D eigenvalue weighted by Crippen LogP contribution is 2.27. The molecule has 0 aromatic carbocycles. The number of aromatic nitrogens is 4. The molecule has 2 fully saturated rings. The van der Waals surface area contributed by atoms with Crippen molar-refractivity contribution in [1.29, 1.82) is 0 Å². The molecule has 4 heterocycles. The minimum Gasteiger partial charge on any atom is -0.372 e. The lowest BCUT2D eigenvalue weighted by atomic mass is 10.1. The van der Waals surface area contributed by atoms with Gasteiger partial charge in [-0.1, -0.05) is 0 Å². The van der Waals surface area contributed by atoms with Crippen LogP contribution in [0.25, 0.3) is 0 Å². The number of rotatable bonds is 2. The SMILES string of the molecule is Cc1ncc(C(=O)N2C[C@@H]3OCCN(c4cnccn4)[C@H]3C2)cn1. The number of morpholine rings is 1. The van der Waals surface area contributed by atoms with Gasteiger partial charge in [-0.25, -0.2) is 15.0 Å². The lowest BCUT2D eigenvalue weighted by Crippen LogP contribution is -2.51. The normalized spacial score (nSPS) is 23.2. The molecule has 24 heavy (non-hydrogen) atoms. The van der Waals surface area contributed by atoms with E-state index in [1.54, 1.807) is 42.8 Å². The fourth-order valence-electron chi connectivity index (χ4n) is 3.26. The number of carbonyl (C=O) groups excluding carboxylic acids is 1. The summed E-state index contributed by atoms with van der Waals surface area (Å²) in [7, 11) is 0. The summed E-state index contributed by atoms with van der Waals surface area (Å²) < 4.78 is 5.87. The molecule has 8 nitrogen and oxygen atoms in total. The van der Waals surface area contributed by atoms with Crippen LogP contribution >= 0.6 is 0 Å². The van der Waals surface area contributed by atoms with Crippen molar-refractivity contribution in [3.05, 3.63) is 42.4 Å². The molecular formula is C16H18N6O2. The molecule has 2 saturated heterocycles. The van der Waals surface area contributed by atoms with E-state index >= 15 is 0 Å². The second kappa shape index (κ2) is 6.12. The van der Waals surface area contributed by atoms with Crippen LogP contribution in [0.15, 0.2) is 31.0 Å². The molecule has 0 aliphatic carbocycles. The first-order valence-electron chi connectivity index (χ1n) is 7.94. The Morgan fingerprint density at radius 3 is 2.75 bits per heavy atom. The van der Waals surface area contributed by atoms with Crippen LogP contribution in [-0.2, 0) is 4.74 Å². The van der Waals surface area contributed by atoms with Crippen LogP contribution in [-0.4, -0.2) is 69.1 Å². The molecular weight excluding hydrogens is 308 g/mol. The quantitative estimate of drug-likeness (QED) is 0.785. The predicted octanol–water partition coefficient (Wildman–Crippen LogP) is 0.305. The monoisotopic (exact) mass is 326 g/mol. The molecule has 0 radical (unpaired) electrons. The molecule has 0 bridgehead atoms. The van der Waals surface area contributed by atoms with Crippen molar-refractivity contribution in [2.24, 2.45) is 0 Å². The van der Waals surface area contributed by atoms with Crippen molar-refractivity contribution in [3.63, 3.8) is 0 Å². The maximum Gasteiger partial charge on any atom is 0.257 e. The van der Waals surface area contributed by atoms with Crippen molar-refractivity contribution >= 4 is 11.7 Å².